The fourth-order valence-electron chi connectivity index (χ4n) is 1.13. The topological polar surface area (TPSA) is 82.0 Å². The molecule has 18 heavy (non-hydrogen) atoms. The highest BCUT2D eigenvalue weighted by Crippen LogP contribution is 2.12. The molecule has 0 unspecified atom stereocenters. The van der Waals surface area contributed by atoms with E-state index >= 15 is 0 Å². The molecule has 1 aromatic carbocycles. The lowest BCUT2D eigenvalue weighted by Crippen LogP contribution is -2.13. The van der Waals surface area contributed by atoms with Crippen LogP contribution >= 0.6 is 11.6 Å². The van der Waals surface area contributed by atoms with E-state index in [1.54, 1.807) is 18.2 Å². The molecular weight excluding hydrogens is 278 g/mol. The highest BCUT2D eigenvalue weighted by atomic mass is 35.5. The second kappa shape index (κ2) is 5.28. The normalized spacial score (nSPS) is 11.2. The predicted octanol–water partition coefficient (Wildman–Crippen LogP) is 1.14. The lowest BCUT2D eigenvalue weighted by molar-refractivity contribution is 0.345. The second-order valence-corrected chi connectivity index (χ2v) is 5.45. The maximum absolute atomic E-state index is 11.9. The van der Waals surface area contributed by atoms with Crippen LogP contribution in [-0.2, 0) is 9.84 Å². The molecule has 0 spiro atoms. The molecule has 8 heteroatoms. The van der Waals surface area contributed by atoms with Gasteiger partial charge in [0.05, 0.1) is 4.90 Å². The van der Waals surface area contributed by atoms with Gasteiger partial charge in [-0.1, -0.05) is 18.2 Å². The minimum absolute atomic E-state index is 0.114. The number of benzene rings is 1. The van der Waals surface area contributed by atoms with Crippen LogP contribution in [0.2, 0.25) is 5.28 Å². The Kier molecular flexibility index (Phi) is 3.73. The number of aromatic nitrogens is 3. The minimum Gasteiger partial charge on any atom is -0.447 e. The smallest absolute Gasteiger partial charge is 0.322 e. The molecule has 0 aliphatic rings. The molecule has 0 saturated heterocycles. The van der Waals surface area contributed by atoms with Gasteiger partial charge in [0, 0.05) is 0 Å². The van der Waals surface area contributed by atoms with E-state index in [0.29, 0.717) is 0 Å². The molecule has 0 aliphatic carbocycles. The zero-order valence-corrected chi connectivity index (χ0v) is 10.5. The summed E-state index contributed by atoms with van der Waals surface area (Å²) in [6.45, 7) is 0. The van der Waals surface area contributed by atoms with Crippen molar-refractivity contribution < 1.29 is 13.2 Å². The molecule has 2 rings (SSSR count). The predicted molar refractivity (Wildman–Crippen MR) is 62.8 cm³/mol. The molecule has 0 atom stereocenters. The summed E-state index contributed by atoms with van der Waals surface area (Å²) in [5, 5.41) is -0.114. The first-order chi connectivity index (χ1) is 8.58. The fourth-order valence-corrected chi connectivity index (χ4v) is 2.21. The first kappa shape index (κ1) is 12.7. The standard InChI is InChI=1S/C10H7ClN3O3S/c11-9-12-6-13-10(14-9)17-7-18(15,16)8-4-2-1-3-5-8/h1-5H,7H2. The number of rotatable bonds is 4. The maximum Gasteiger partial charge on any atom is 0.322 e. The lowest BCUT2D eigenvalue weighted by atomic mass is 10.4. The monoisotopic (exact) mass is 284 g/mol. The number of sulfone groups is 1. The zero-order chi connectivity index (χ0) is 13.0. The molecule has 0 fully saturated rings. The summed E-state index contributed by atoms with van der Waals surface area (Å²) in [6.07, 6.45) is 2.19. The second-order valence-electron chi connectivity index (χ2n) is 3.18. The molecule has 1 heterocycles. The molecule has 0 N–H and O–H groups in total. The summed E-state index contributed by atoms with van der Waals surface area (Å²) >= 11 is 5.49. The van der Waals surface area contributed by atoms with Gasteiger partial charge in [0.2, 0.25) is 21.4 Å². The molecule has 0 saturated carbocycles. The van der Waals surface area contributed by atoms with E-state index in [9.17, 15) is 8.42 Å². The van der Waals surface area contributed by atoms with E-state index < -0.39 is 15.8 Å². The van der Waals surface area contributed by atoms with Gasteiger partial charge in [-0.15, -0.1) is 0 Å². The van der Waals surface area contributed by atoms with Gasteiger partial charge in [-0.05, 0) is 23.7 Å². The quantitative estimate of drug-likeness (QED) is 0.837. The first-order valence-electron chi connectivity index (χ1n) is 4.76. The average Bonchev–Trinajstić information content (AvgIpc) is 2.38. The maximum atomic E-state index is 11.9. The Hall–Kier alpha value is -1.73. The van der Waals surface area contributed by atoms with Gasteiger partial charge < -0.3 is 4.74 Å². The van der Waals surface area contributed by atoms with Gasteiger partial charge >= 0.3 is 6.01 Å². The summed E-state index contributed by atoms with van der Waals surface area (Å²) in [6, 6.07) is 7.74. The van der Waals surface area contributed by atoms with Gasteiger partial charge in [0.25, 0.3) is 0 Å². The molecule has 6 nitrogen and oxygen atoms in total. The van der Waals surface area contributed by atoms with Gasteiger partial charge in [-0.3, -0.25) is 0 Å². The van der Waals surface area contributed by atoms with Crippen molar-refractivity contribution in [2.75, 3.05) is 5.94 Å². The molecule has 1 aromatic heterocycles. The lowest BCUT2D eigenvalue weighted by Gasteiger charge is -2.05. The third-order valence-corrected chi connectivity index (χ3v) is 3.51. The van der Waals surface area contributed by atoms with Crippen LogP contribution in [0.1, 0.15) is 0 Å². The molecule has 0 bridgehead atoms. The van der Waals surface area contributed by atoms with Gasteiger partial charge in [0.1, 0.15) is 0 Å². The Labute approximate surface area is 109 Å². The van der Waals surface area contributed by atoms with Crippen LogP contribution in [-0.4, -0.2) is 29.3 Å². The molecule has 0 amide bonds. The molecule has 93 valence electrons. The Morgan fingerprint density at radius 2 is 1.94 bits per heavy atom. The summed E-state index contributed by atoms with van der Waals surface area (Å²) in [4.78, 5) is 10.7. The first-order valence-corrected chi connectivity index (χ1v) is 6.79. The molecule has 1 radical (unpaired) electrons. The highest BCUT2D eigenvalue weighted by molar-refractivity contribution is 7.91. The molecule has 2 aromatic rings. The zero-order valence-electron chi connectivity index (χ0n) is 8.95. The Morgan fingerprint density at radius 3 is 2.61 bits per heavy atom. The van der Waals surface area contributed by atoms with Crippen LogP contribution in [0.4, 0.5) is 0 Å². The van der Waals surface area contributed by atoms with Crippen LogP contribution in [0.25, 0.3) is 0 Å². The van der Waals surface area contributed by atoms with E-state index in [4.69, 9.17) is 16.3 Å². The van der Waals surface area contributed by atoms with Gasteiger partial charge in [0.15, 0.2) is 5.94 Å². The highest BCUT2D eigenvalue weighted by Gasteiger charge is 2.15. The van der Waals surface area contributed by atoms with E-state index in [2.05, 4.69) is 21.3 Å². The van der Waals surface area contributed by atoms with E-state index in [0.717, 1.165) is 0 Å². The molecular formula is C10H7ClN3O3S. The Balaban J connectivity index is 2.11. The van der Waals surface area contributed by atoms with Crippen LogP contribution in [0.5, 0.6) is 6.01 Å². The van der Waals surface area contributed by atoms with E-state index in [-0.39, 0.29) is 16.2 Å². The summed E-state index contributed by atoms with van der Waals surface area (Å²) in [5.74, 6) is -0.578. The summed E-state index contributed by atoms with van der Waals surface area (Å²) in [7, 11) is -3.55. The number of nitrogens with zero attached hydrogens (tertiary/aromatic N) is 3. The van der Waals surface area contributed by atoms with Crippen molar-refractivity contribution in [3.8, 4) is 6.01 Å². The average molecular weight is 285 g/mol. The van der Waals surface area contributed by atoms with Crippen LogP contribution in [0.3, 0.4) is 0 Å². The van der Waals surface area contributed by atoms with Crippen molar-refractivity contribution in [3.63, 3.8) is 0 Å². The SMILES string of the molecule is O=S(=O)(COc1n[c]nc(Cl)n1)c1ccccc1. The number of ether oxygens (including phenoxy) is 1. The van der Waals surface area contributed by atoms with Crippen LogP contribution in [0, 0.1) is 6.33 Å². The third kappa shape index (κ3) is 3.14. The van der Waals surface area contributed by atoms with Crippen molar-refractivity contribution >= 4 is 21.4 Å². The van der Waals surface area contributed by atoms with Crippen molar-refractivity contribution in [3.05, 3.63) is 41.9 Å². The van der Waals surface area contributed by atoms with Crippen molar-refractivity contribution in [1.82, 2.24) is 15.0 Å². The number of halogens is 1. The third-order valence-electron chi connectivity index (χ3n) is 1.92. The van der Waals surface area contributed by atoms with Gasteiger partial charge in [-0.2, -0.15) is 15.0 Å². The Morgan fingerprint density at radius 1 is 1.22 bits per heavy atom. The van der Waals surface area contributed by atoms with E-state index in [1.165, 1.54) is 12.1 Å². The number of hydrogen-bond donors (Lipinski definition) is 0. The van der Waals surface area contributed by atoms with Gasteiger partial charge in [-0.25, -0.2) is 8.42 Å². The summed E-state index contributed by atoms with van der Waals surface area (Å²) < 4.78 is 28.6. The summed E-state index contributed by atoms with van der Waals surface area (Å²) in [5.41, 5.74) is 0. The molecule has 0 aliphatic heterocycles. The largest absolute Gasteiger partial charge is 0.447 e. The van der Waals surface area contributed by atoms with Crippen LogP contribution in [0.15, 0.2) is 35.2 Å². The van der Waals surface area contributed by atoms with Crippen LogP contribution < -0.4 is 4.74 Å². The van der Waals surface area contributed by atoms with E-state index in [1.807, 2.05) is 0 Å². The van der Waals surface area contributed by atoms with Crippen molar-refractivity contribution in [1.29, 1.82) is 0 Å². The number of hydrogen-bond acceptors (Lipinski definition) is 6. The minimum atomic E-state index is -3.55. The van der Waals surface area contributed by atoms with Crippen molar-refractivity contribution in [2.45, 2.75) is 4.90 Å². The Bertz CT molecular complexity index is 634. The van der Waals surface area contributed by atoms with Crippen molar-refractivity contribution in [2.24, 2.45) is 0 Å². The fraction of sp³-hybridized carbons (Fsp3) is 0.100.